The third-order valence-electron chi connectivity index (χ3n) is 3.15. The van der Waals surface area contributed by atoms with Crippen molar-refractivity contribution in [3.05, 3.63) is 60.7 Å². The third-order valence-corrected chi connectivity index (χ3v) is 6.17. The van der Waals surface area contributed by atoms with Crippen molar-refractivity contribution in [3.63, 3.8) is 0 Å². The summed E-state index contributed by atoms with van der Waals surface area (Å²) in [7, 11) is -0.405. The molecule has 0 aliphatic rings. The van der Waals surface area contributed by atoms with E-state index in [4.69, 9.17) is 0 Å². The summed E-state index contributed by atoms with van der Waals surface area (Å²) in [6, 6.07) is 21.3. The molecule has 19 heavy (non-hydrogen) atoms. The van der Waals surface area contributed by atoms with Crippen LogP contribution in [0.1, 0.15) is 13.8 Å². The Kier molecular flexibility index (Phi) is 4.74. The first-order valence-corrected chi connectivity index (χ1v) is 8.14. The highest BCUT2D eigenvalue weighted by atomic mass is 31.1. The number of rotatable bonds is 5. The molecule has 0 aliphatic carbocycles. The van der Waals surface area contributed by atoms with Crippen LogP contribution in [0.15, 0.2) is 60.7 Å². The van der Waals surface area contributed by atoms with Crippen LogP contribution in [0.4, 0.5) is 0 Å². The summed E-state index contributed by atoms with van der Waals surface area (Å²) in [5, 5.41) is 12.3. The van der Waals surface area contributed by atoms with Crippen LogP contribution in [0.5, 0.6) is 0 Å². The normalized spacial score (nSPS) is 11.8. The second-order valence-corrected chi connectivity index (χ2v) is 7.78. The fourth-order valence-electron chi connectivity index (χ4n) is 2.03. The van der Waals surface area contributed by atoms with Crippen LogP contribution in [0, 0.1) is 5.41 Å². The van der Waals surface area contributed by atoms with Crippen molar-refractivity contribution in [1.82, 2.24) is 0 Å². The molecule has 100 valence electrons. The van der Waals surface area contributed by atoms with Crippen LogP contribution in [0.25, 0.3) is 0 Å². The molecule has 2 rings (SSSR count). The molecule has 1 N–H and O–H groups in total. The van der Waals surface area contributed by atoms with Gasteiger partial charge in [0, 0.05) is 6.61 Å². The lowest BCUT2D eigenvalue weighted by molar-refractivity contribution is 0.180. The topological polar surface area (TPSA) is 20.2 Å². The quantitative estimate of drug-likeness (QED) is 0.829. The second kappa shape index (κ2) is 6.32. The zero-order valence-electron chi connectivity index (χ0n) is 11.6. The summed E-state index contributed by atoms with van der Waals surface area (Å²) >= 11 is 0. The van der Waals surface area contributed by atoms with Gasteiger partial charge in [-0.1, -0.05) is 74.5 Å². The van der Waals surface area contributed by atoms with E-state index < -0.39 is 7.92 Å². The van der Waals surface area contributed by atoms with Gasteiger partial charge in [0.25, 0.3) is 0 Å². The monoisotopic (exact) mass is 272 g/mol. The Bertz CT molecular complexity index is 454. The van der Waals surface area contributed by atoms with Crippen LogP contribution in [0.3, 0.4) is 0 Å². The van der Waals surface area contributed by atoms with Crippen molar-refractivity contribution < 1.29 is 5.11 Å². The van der Waals surface area contributed by atoms with E-state index in [1.165, 1.54) is 10.6 Å². The van der Waals surface area contributed by atoms with Gasteiger partial charge >= 0.3 is 0 Å². The molecular weight excluding hydrogens is 251 g/mol. The zero-order valence-corrected chi connectivity index (χ0v) is 12.5. The van der Waals surface area contributed by atoms with Gasteiger partial charge in [-0.3, -0.25) is 0 Å². The van der Waals surface area contributed by atoms with Crippen molar-refractivity contribution in [2.24, 2.45) is 5.41 Å². The first kappa shape index (κ1) is 14.2. The van der Waals surface area contributed by atoms with Gasteiger partial charge in [-0.05, 0) is 30.1 Å². The van der Waals surface area contributed by atoms with Gasteiger partial charge in [-0.15, -0.1) is 0 Å². The average Bonchev–Trinajstić information content (AvgIpc) is 2.47. The average molecular weight is 272 g/mol. The van der Waals surface area contributed by atoms with Crippen molar-refractivity contribution in [1.29, 1.82) is 0 Å². The lowest BCUT2D eigenvalue weighted by atomic mass is 9.98. The van der Waals surface area contributed by atoms with Crippen LogP contribution in [-0.4, -0.2) is 17.9 Å². The van der Waals surface area contributed by atoms with Crippen LogP contribution in [0.2, 0.25) is 0 Å². The maximum Gasteiger partial charge on any atom is 0.0485 e. The molecule has 0 amide bonds. The summed E-state index contributed by atoms with van der Waals surface area (Å²) in [5.41, 5.74) is -0.0443. The Morgan fingerprint density at radius 2 is 1.26 bits per heavy atom. The molecule has 0 aromatic heterocycles. The van der Waals surface area contributed by atoms with E-state index in [-0.39, 0.29) is 12.0 Å². The minimum absolute atomic E-state index is 0.0443. The van der Waals surface area contributed by atoms with Gasteiger partial charge in [0.15, 0.2) is 0 Å². The van der Waals surface area contributed by atoms with E-state index in [0.29, 0.717) is 0 Å². The molecule has 0 saturated heterocycles. The van der Waals surface area contributed by atoms with Crippen LogP contribution >= 0.6 is 7.92 Å². The Labute approximate surface area is 117 Å². The molecule has 0 unspecified atom stereocenters. The Morgan fingerprint density at radius 1 is 0.842 bits per heavy atom. The standard InChI is InChI=1S/C17H21OP/c1-17(2,13-18)14-19(15-9-5-3-6-10-15)16-11-7-4-8-12-16/h3-12,18H,13-14H2,1-2H3. The highest BCUT2D eigenvalue weighted by Gasteiger charge is 2.24. The van der Waals surface area contributed by atoms with E-state index >= 15 is 0 Å². The van der Waals surface area contributed by atoms with E-state index in [1.807, 2.05) is 0 Å². The van der Waals surface area contributed by atoms with Crippen LogP contribution in [-0.2, 0) is 0 Å². The molecule has 0 bridgehead atoms. The fourth-order valence-corrected chi connectivity index (χ4v) is 4.71. The van der Waals surface area contributed by atoms with Gasteiger partial charge in [0.1, 0.15) is 0 Å². The number of hydrogen-bond acceptors (Lipinski definition) is 1. The first-order chi connectivity index (χ1) is 9.12. The molecule has 2 aromatic rings. The van der Waals surface area contributed by atoms with Crippen molar-refractivity contribution in [2.75, 3.05) is 12.8 Å². The maximum atomic E-state index is 9.55. The van der Waals surface area contributed by atoms with Gasteiger partial charge in [-0.2, -0.15) is 0 Å². The largest absolute Gasteiger partial charge is 0.396 e. The van der Waals surface area contributed by atoms with Gasteiger partial charge < -0.3 is 5.11 Å². The molecule has 0 radical (unpaired) electrons. The molecule has 2 heteroatoms. The molecule has 0 saturated carbocycles. The number of benzene rings is 2. The summed E-state index contributed by atoms with van der Waals surface area (Å²) in [6.45, 7) is 4.49. The Hall–Kier alpha value is -1.17. The summed E-state index contributed by atoms with van der Waals surface area (Å²) < 4.78 is 0. The second-order valence-electron chi connectivity index (χ2n) is 5.58. The van der Waals surface area contributed by atoms with Gasteiger partial charge in [-0.25, -0.2) is 0 Å². The van der Waals surface area contributed by atoms with Crippen molar-refractivity contribution in [2.45, 2.75) is 13.8 Å². The molecule has 0 atom stereocenters. The van der Waals surface area contributed by atoms with E-state index in [1.54, 1.807) is 0 Å². The highest BCUT2D eigenvalue weighted by molar-refractivity contribution is 7.73. The molecule has 0 spiro atoms. The summed E-state index contributed by atoms with van der Waals surface area (Å²) in [5.74, 6) is 0. The van der Waals surface area contributed by atoms with Crippen molar-refractivity contribution in [3.8, 4) is 0 Å². The first-order valence-electron chi connectivity index (χ1n) is 6.61. The minimum Gasteiger partial charge on any atom is -0.396 e. The molecule has 0 fully saturated rings. The van der Waals surface area contributed by atoms with Gasteiger partial charge in [0.05, 0.1) is 0 Å². The van der Waals surface area contributed by atoms with Gasteiger partial charge in [0.2, 0.25) is 0 Å². The maximum absolute atomic E-state index is 9.55. The predicted octanol–water partition coefficient (Wildman–Crippen LogP) is 3.14. The summed E-state index contributed by atoms with van der Waals surface area (Å²) in [4.78, 5) is 0. The summed E-state index contributed by atoms with van der Waals surface area (Å²) in [6.07, 6.45) is 1.01. The SMILES string of the molecule is CC(C)(CO)CP(c1ccccc1)c1ccccc1. The number of aliphatic hydroxyl groups is 1. The number of aliphatic hydroxyl groups excluding tert-OH is 1. The molecule has 1 nitrogen and oxygen atoms in total. The fraction of sp³-hybridized carbons (Fsp3) is 0.294. The smallest absolute Gasteiger partial charge is 0.0485 e. The van der Waals surface area contributed by atoms with E-state index in [0.717, 1.165) is 6.16 Å². The highest BCUT2D eigenvalue weighted by Crippen LogP contribution is 2.39. The zero-order chi connectivity index (χ0) is 13.7. The van der Waals surface area contributed by atoms with E-state index in [2.05, 4.69) is 74.5 Å². The molecule has 2 aromatic carbocycles. The molecular formula is C17H21OP. The predicted molar refractivity (Wildman–Crippen MR) is 84.8 cm³/mol. The number of hydrogen-bond donors (Lipinski definition) is 1. The molecule has 0 aliphatic heterocycles. The third kappa shape index (κ3) is 3.89. The lowest BCUT2D eigenvalue weighted by Crippen LogP contribution is -2.26. The lowest BCUT2D eigenvalue weighted by Gasteiger charge is -2.29. The minimum atomic E-state index is -0.405. The van der Waals surface area contributed by atoms with E-state index in [9.17, 15) is 5.11 Å². The Morgan fingerprint density at radius 3 is 1.63 bits per heavy atom. The molecule has 0 heterocycles. The van der Waals surface area contributed by atoms with Crippen LogP contribution < -0.4 is 10.6 Å². The Balaban J connectivity index is 2.35. The van der Waals surface area contributed by atoms with Crippen molar-refractivity contribution >= 4 is 18.5 Å².